The molecule has 1 fully saturated rings. The minimum atomic E-state index is -0.592. The topological polar surface area (TPSA) is 83.5 Å². The van der Waals surface area contributed by atoms with Crippen LogP contribution >= 0.6 is 0 Å². The highest BCUT2D eigenvalue weighted by atomic mass is 16.5. The Hall–Kier alpha value is -2.35. The molecule has 3 rings (SSSR count). The SMILES string of the molecule is CCOC(=O)n1cnc2cc(N3CCN(CC(C)C)CC3)[nH]c(=O)c21. The second-order valence-electron chi connectivity index (χ2n) is 6.71. The molecule has 1 saturated heterocycles. The van der Waals surface area contributed by atoms with Crippen LogP contribution in [-0.4, -0.2) is 64.9 Å². The van der Waals surface area contributed by atoms with Crippen LogP contribution in [0.1, 0.15) is 20.8 Å². The molecule has 136 valence electrons. The average Bonchev–Trinajstić information content (AvgIpc) is 3.00. The maximum Gasteiger partial charge on any atom is 0.419 e. The van der Waals surface area contributed by atoms with Crippen LogP contribution in [0.15, 0.2) is 17.2 Å². The second-order valence-corrected chi connectivity index (χ2v) is 6.71. The number of rotatable bonds is 4. The molecular formula is C17H25N5O3. The Morgan fingerprint density at radius 3 is 2.68 bits per heavy atom. The van der Waals surface area contributed by atoms with Gasteiger partial charge in [0.2, 0.25) is 0 Å². The highest BCUT2D eigenvalue weighted by Crippen LogP contribution is 2.18. The van der Waals surface area contributed by atoms with Crippen LogP contribution in [0.25, 0.3) is 11.0 Å². The van der Waals surface area contributed by atoms with Crippen LogP contribution in [0.3, 0.4) is 0 Å². The van der Waals surface area contributed by atoms with Gasteiger partial charge in [-0.05, 0) is 12.8 Å². The number of imidazole rings is 1. The Morgan fingerprint density at radius 2 is 2.04 bits per heavy atom. The number of carbonyl (C=O) groups is 1. The molecule has 3 heterocycles. The van der Waals surface area contributed by atoms with Crippen LogP contribution in [-0.2, 0) is 4.74 Å². The van der Waals surface area contributed by atoms with E-state index in [-0.39, 0.29) is 17.7 Å². The van der Waals surface area contributed by atoms with Gasteiger partial charge in [-0.3, -0.25) is 9.69 Å². The maximum atomic E-state index is 12.5. The third-order valence-electron chi connectivity index (χ3n) is 4.33. The zero-order valence-corrected chi connectivity index (χ0v) is 15.0. The van der Waals surface area contributed by atoms with E-state index in [9.17, 15) is 9.59 Å². The number of nitrogens with one attached hydrogen (secondary N) is 1. The molecule has 0 radical (unpaired) electrons. The number of anilines is 1. The van der Waals surface area contributed by atoms with Crippen LogP contribution in [0, 0.1) is 5.92 Å². The predicted molar refractivity (Wildman–Crippen MR) is 96.3 cm³/mol. The largest absolute Gasteiger partial charge is 0.449 e. The number of H-pyrrole nitrogens is 1. The summed E-state index contributed by atoms with van der Waals surface area (Å²) in [4.78, 5) is 36.1. The van der Waals surface area contributed by atoms with Gasteiger partial charge in [0.1, 0.15) is 17.7 Å². The van der Waals surface area contributed by atoms with Crippen molar-refractivity contribution in [1.29, 1.82) is 0 Å². The molecule has 2 aromatic rings. The normalized spacial score (nSPS) is 15.9. The minimum absolute atomic E-state index is 0.223. The van der Waals surface area contributed by atoms with Gasteiger partial charge in [0.05, 0.1) is 12.1 Å². The lowest BCUT2D eigenvalue weighted by Gasteiger charge is -2.36. The number of hydrogen-bond acceptors (Lipinski definition) is 6. The number of aromatic amines is 1. The molecule has 25 heavy (non-hydrogen) atoms. The summed E-state index contributed by atoms with van der Waals surface area (Å²) in [5, 5.41) is 0. The Labute approximate surface area is 146 Å². The fourth-order valence-electron chi connectivity index (χ4n) is 3.22. The molecule has 1 N–H and O–H groups in total. The van der Waals surface area contributed by atoms with E-state index in [1.54, 1.807) is 6.92 Å². The molecule has 0 unspecified atom stereocenters. The number of nitrogens with zero attached hydrogens (tertiary/aromatic N) is 4. The smallest absolute Gasteiger partial charge is 0.419 e. The van der Waals surface area contributed by atoms with E-state index in [1.807, 2.05) is 6.07 Å². The van der Waals surface area contributed by atoms with E-state index in [0.29, 0.717) is 11.4 Å². The second kappa shape index (κ2) is 7.26. The fraction of sp³-hybridized carbons (Fsp3) is 0.588. The lowest BCUT2D eigenvalue weighted by Crippen LogP contribution is -2.48. The van der Waals surface area contributed by atoms with Gasteiger partial charge in [0, 0.05) is 38.8 Å². The van der Waals surface area contributed by atoms with Gasteiger partial charge in [0.15, 0.2) is 0 Å². The van der Waals surface area contributed by atoms with Crippen molar-refractivity contribution in [2.45, 2.75) is 20.8 Å². The summed E-state index contributed by atoms with van der Waals surface area (Å²) in [6, 6.07) is 1.82. The lowest BCUT2D eigenvalue weighted by molar-refractivity contribution is 0.155. The number of pyridine rings is 1. The first-order chi connectivity index (χ1) is 12.0. The number of hydrogen-bond donors (Lipinski definition) is 1. The van der Waals surface area contributed by atoms with E-state index in [1.165, 1.54) is 6.33 Å². The molecule has 0 aromatic carbocycles. The molecule has 0 atom stereocenters. The highest BCUT2D eigenvalue weighted by molar-refractivity contribution is 5.87. The Morgan fingerprint density at radius 1 is 1.32 bits per heavy atom. The Kier molecular flexibility index (Phi) is 5.08. The first-order valence-electron chi connectivity index (χ1n) is 8.74. The number of piperazine rings is 1. The molecule has 2 aromatic heterocycles. The zero-order valence-electron chi connectivity index (χ0n) is 15.0. The summed E-state index contributed by atoms with van der Waals surface area (Å²) >= 11 is 0. The van der Waals surface area contributed by atoms with Crippen molar-refractivity contribution in [3.05, 3.63) is 22.7 Å². The van der Waals surface area contributed by atoms with Crippen LogP contribution < -0.4 is 10.5 Å². The average molecular weight is 347 g/mol. The number of ether oxygens (including phenoxy) is 1. The van der Waals surface area contributed by atoms with Crippen molar-refractivity contribution >= 4 is 22.9 Å². The summed E-state index contributed by atoms with van der Waals surface area (Å²) in [7, 11) is 0. The van der Waals surface area contributed by atoms with Crippen LogP contribution in [0.5, 0.6) is 0 Å². The standard InChI is InChI=1S/C17H25N5O3/c1-4-25-17(24)22-11-18-13-9-14(19-16(23)15(13)22)21-7-5-20(6-8-21)10-12(2)3/h9,11-12H,4-8,10H2,1-3H3,(H,19,23). The van der Waals surface area contributed by atoms with Gasteiger partial charge in [-0.2, -0.15) is 0 Å². The minimum Gasteiger partial charge on any atom is -0.449 e. The van der Waals surface area contributed by atoms with E-state index in [2.05, 4.69) is 33.6 Å². The molecule has 0 bridgehead atoms. The molecule has 8 nitrogen and oxygen atoms in total. The van der Waals surface area contributed by atoms with E-state index >= 15 is 0 Å². The zero-order chi connectivity index (χ0) is 18.0. The van der Waals surface area contributed by atoms with Crippen LogP contribution in [0.4, 0.5) is 10.6 Å². The molecule has 0 spiro atoms. The summed E-state index contributed by atoms with van der Waals surface area (Å²) in [6.07, 6.45) is 0.743. The summed E-state index contributed by atoms with van der Waals surface area (Å²) in [5.74, 6) is 1.39. The van der Waals surface area contributed by atoms with Gasteiger partial charge in [-0.1, -0.05) is 13.8 Å². The summed E-state index contributed by atoms with van der Waals surface area (Å²) < 4.78 is 6.11. The molecule has 8 heteroatoms. The Balaban J connectivity index is 1.81. The highest BCUT2D eigenvalue weighted by Gasteiger charge is 2.21. The number of aromatic nitrogens is 3. The summed E-state index contributed by atoms with van der Waals surface area (Å²) in [6.45, 7) is 11.1. The molecule has 1 aliphatic rings. The van der Waals surface area contributed by atoms with Crippen molar-refractivity contribution in [3.8, 4) is 0 Å². The third-order valence-corrected chi connectivity index (χ3v) is 4.33. The van der Waals surface area contributed by atoms with Crippen molar-refractivity contribution in [1.82, 2.24) is 19.4 Å². The van der Waals surface area contributed by atoms with Gasteiger partial charge < -0.3 is 14.6 Å². The van der Waals surface area contributed by atoms with Crippen molar-refractivity contribution in [2.24, 2.45) is 5.92 Å². The van der Waals surface area contributed by atoms with Gasteiger partial charge >= 0.3 is 6.09 Å². The monoisotopic (exact) mass is 347 g/mol. The van der Waals surface area contributed by atoms with Crippen molar-refractivity contribution in [3.63, 3.8) is 0 Å². The predicted octanol–water partition coefficient (Wildman–Crippen LogP) is 1.51. The number of carbonyl (C=O) groups excluding carboxylic acids is 1. The quantitative estimate of drug-likeness (QED) is 0.903. The molecule has 0 amide bonds. The van der Waals surface area contributed by atoms with Gasteiger partial charge in [-0.15, -0.1) is 0 Å². The summed E-state index contributed by atoms with van der Waals surface area (Å²) in [5.41, 5.74) is 0.389. The molecule has 1 aliphatic heterocycles. The molecule has 0 saturated carbocycles. The van der Waals surface area contributed by atoms with E-state index < -0.39 is 6.09 Å². The first kappa shape index (κ1) is 17.5. The van der Waals surface area contributed by atoms with Gasteiger partial charge in [-0.25, -0.2) is 14.3 Å². The number of fused-ring (bicyclic) bond motifs is 1. The van der Waals surface area contributed by atoms with E-state index in [4.69, 9.17) is 4.74 Å². The van der Waals surface area contributed by atoms with E-state index in [0.717, 1.165) is 43.1 Å². The Bertz CT molecular complexity index is 802. The van der Waals surface area contributed by atoms with Crippen molar-refractivity contribution < 1.29 is 9.53 Å². The molecular weight excluding hydrogens is 322 g/mol. The molecule has 0 aliphatic carbocycles. The lowest BCUT2D eigenvalue weighted by atomic mass is 10.2. The van der Waals surface area contributed by atoms with Crippen molar-refractivity contribution in [2.75, 3.05) is 44.2 Å². The fourth-order valence-corrected chi connectivity index (χ4v) is 3.22. The third kappa shape index (κ3) is 3.68. The maximum absolute atomic E-state index is 12.5. The van der Waals surface area contributed by atoms with Crippen LogP contribution in [0.2, 0.25) is 0 Å². The van der Waals surface area contributed by atoms with Gasteiger partial charge in [0.25, 0.3) is 5.56 Å². The first-order valence-corrected chi connectivity index (χ1v) is 8.74.